The van der Waals surface area contributed by atoms with Crippen molar-refractivity contribution >= 4 is 5.91 Å². The summed E-state index contributed by atoms with van der Waals surface area (Å²) >= 11 is 0. The molecule has 1 aromatic carbocycles. The van der Waals surface area contributed by atoms with E-state index < -0.39 is 6.10 Å². The first-order chi connectivity index (χ1) is 9.88. The zero-order chi connectivity index (χ0) is 15.7. The van der Waals surface area contributed by atoms with Gasteiger partial charge in [0.15, 0.2) is 0 Å². The number of hydrogen-bond donors (Lipinski definition) is 1. The standard InChI is InChI=1S/C17H25NO3/c1-10(2)16(19)14-15(18(11(3)4)17(14)20)12-6-8-13(21-5)9-7-12/h6-11,14-16,19H,1-5H3/t14-,15?,16?/m1/s1. The van der Waals surface area contributed by atoms with Crippen LogP contribution in [0, 0.1) is 11.8 Å². The summed E-state index contributed by atoms with van der Waals surface area (Å²) in [5.41, 5.74) is 1.05. The topological polar surface area (TPSA) is 49.8 Å². The van der Waals surface area contributed by atoms with Gasteiger partial charge in [0.2, 0.25) is 5.91 Å². The Morgan fingerprint density at radius 2 is 1.71 bits per heavy atom. The summed E-state index contributed by atoms with van der Waals surface area (Å²) in [5.74, 6) is 0.559. The predicted molar refractivity (Wildman–Crippen MR) is 82.1 cm³/mol. The van der Waals surface area contributed by atoms with Gasteiger partial charge in [-0.05, 0) is 37.5 Å². The van der Waals surface area contributed by atoms with E-state index in [9.17, 15) is 9.90 Å². The lowest BCUT2D eigenvalue weighted by molar-refractivity contribution is -0.172. The Morgan fingerprint density at radius 3 is 2.14 bits per heavy atom. The van der Waals surface area contributed by atoms with Crippen LogP contribution >= 0.6 is 0 Å². The van der Waals surface area contributed by atoms with Crippen molar-refractivity contribution in [1.82, 2.24) is 4.90 Å². The van der Waals surface area contributed by atoms with Crippen LogP contribution < -0.4 is 4.74 Å². The van der Waals surface area contributed by atoms with Gasteiger partial charge in [0.05, 0.1) is 25.2 Å². The minimum absolute atomic E-state index is 0.0482. The Bertz CT molecular complexity index is 495. The summed E-state index contributed by atoms with van der Waals surface area (Å²) in [6, 6.07) is 7.82. The first kappa shape index (κ1) is 15.8. The summed E-state index contributed by atoms with van der Waals surface area (Å²) < 4.78 is 5.18. The lowest BCUT2D eigenvalue weighted by Crippen LogP contribution is -2.62. The molecular weight excluding hydrogens is 266 g/mol. The molecule has 0 spiro atoms. The monoisotopic (exact) mass is 291 g/mol. The van der Waals surface area contributed by atoms with Crippen LogP contribution in [0.5, 0.6) is 5.75 Å². The van der Waals surface area contributed by atoms with Crippen molar-refractivity contribution in [2.24, 2.45) is 11.8 Å². The third-order valence-corrected chi connectivity index (χ3v) is 4.24. The van der Waals surface area contributed by atoms with Crippen LogP contribution in [0.25, 0.3) is 0 Å². The fourth-order valence-corrected chi connectivity index (χ4v) is 3.03. The summed E-state index contributed by atoms with van der Waals surface area (Å²) in [6.07, 6.45) is -0.611. The zero-order valence-electron chi connectivity index (χ0n) is 13.4. The Balaban J connectivity index is 2.31. The maximum absolute atomic E-state index is 12.4. The predicted octanol–water partition coefficient (Wildman–Crippen LogP) is 2.62. The lowest BCUT2D eigenvalue weighted by Gasteiger charge is -2.52. The first-order valence-corrected chi connectivity index (χ1v) is 7.52. The second-order valence-corrected chi connectivity index (χ2v) is 6.32. The molecule has 1 aliphatic rings. The van der Waals surface area contributed by atoms with E-state index in [2.05, 4.69) is 0 Å². The normalized spacial score (nSPS) is 23.4. The smallest absolute Gasteiger partial charge is 0.231 e. The first-order valence-electron chi connectivity index (χ1n) is 7.52. The number of carbonyl (C=O) groups excluding carboxylic acids is 1. The molecular formula is C17H25NO3. The second kappa shape index (κ2) is 6.06. The Labute approximate surface area is 126 Å². The van der Waals surface area contributed by atoms with E-state index in [0.717, 1.165) is 11.3 Å². The highest BCUT2D eigenvalue weighted by Gasteiger charge is 2.52. The molecule has 1 aliphatic heterocycles. The molecule has 0 aliphatic carbocycles. The highest BCUT2D eigenvalue weighted by Crippen LogP contribution is 2.45. The van der Waals surface area contributed by atoms with Crippen LogP contribution in [-0.4, -0.2) is 35.2 Å². The molecule has 2 rings (SSSR count). The van der Waals surface area contributed by atoms with E-state index in [1.54, 1.807) is 7.11 Å². The number of rotatable bonds is 5. The highest BCUT2D eigenvalue weighted by atomic mass is 16.5. The number of carbonyl (C=O) groups is 1. The zero-order valence-corrected chi connectivity index (χ0v) is 13.4. The van der Waals surface area contributed by atoms with Gasteiger partial charge in [-0.15, -0.1) is 0 Å². The van der Waals surface area contributed by atoms with Gasteiger partial charge in [-0.25, -0.2) is 0 Å². The molecule has 1 fully saturated rings. The number of likely N-dealkylation sites (tertiary alicyclic amines) is 1. The molecule has 2 unspecified atom stereocenters. The molecule has 0 bridgehead atoms. The summed E-state index contributed by atoms with van der Waals surface area (Å²) in [5, 5.41) is 10.4. The third kappa shape index (κ3) is 2.77. The van der Waals surface area contributed by atoms with Gasteiger partial charge in [0, 0.05) is 6.04 Å². The van der Waals surface area contributed by atoms with Crippen molar-refractivity contribution < 1.29 is 14.6 Å². The molecule has 0 radical (unpaired) electrons. The number of benzene rings is 1. The molecule has 1 N–H and O–H groups in total. The quantitative estimate of drug-likeness (QED) is 0.848. The minimum atomic E-state index is -0.611. The van der Waals surface area contributed by atoms with E-state index in [0.29, 0.717) is 0 Å². The molecule has 0 saturated carbocycles. The van der Waals surface area contributed by atoms with E-state index in [4.69, 9.17) is 4.74 Å². The Hall–Kier alpha value is -1.55. The van der Waals surface area contributed by atoms with Gasteiger partial charge in [-0.2, -0.15) is 0 Å². The Kier molecular flexibility index (Phi) is 4.57. The minimum Gasteiger partial charge on any atom is -0.497 e. The maximum atomic E-state index is 12.4. The molecule has 21 heavy (non-hydrogen) atoms. The number of hydrogen-bond acceptors (Lipinski definition) is 3. The number of aliphatic hydroxyl groups is 1. The number of methoxy groups -OCH3 is 1. The number of amides is 1. The summed E-state index contributed by atoms with van der Waals surface area (Å²) in [6.45, 7) is 7.90. The summed E-state index contributed by atoms with van der Waals surface area (Å²) in [7, 11) is 1.63. The molecule has 1 heterocycles. The van der Waals surface area contributed by atoms with E-state index in [-0.39, 0.29) is 29.8 Å². The van der Waals surface area contributed by atoms with Crippen LogP contribution in [0.15, 0.2) is 24.3 Å². The number of β-lactam (4-membered cyclic amide) rings is 1. The van der Waals surface area contributed by atoms with Crippen molar-refractivity contribution in [1.29, 1.82) is 0 Å². The third-order valence-electron chi connectivity index (χ3n) is 4.24. The van der Waals surface area contributed by atoms with Crippen molar-refractivity contribution in [3.63, 3.8) is 0 Å². The van der Waals surface area contributed by atoms with E-state index in [1.807, 2.05) is 56.9 Å². The summed E-state index contributed by atoms with van der Waals surface area (Å²) in [4.78, 5) is 14.3. The van der Waals surface area contributed by atoms with Gasteiger partial charge < -0.3 is 14.7 Å². The van der Waals surface area contributed by atoms with Gasteiger partial charge in [0.1, 0.15) is 5.75 Å². The van der Waals surface area contributed by atoms with E-state index in [1.165, 1.54) is 0 Å². The van der Waals surface area contributed by atoms with Crippen LogP contribution in [0.4, 0.5) is 0 Å². The molecule has 1 saturated heterocycles. The maximum Gasteiger partial charge on any atom is 0.231 e. The van der Waals surface area contributed by atoms with Gasteiger partial charge in [-0.3, -0.25) is 4.79 Å². The van der Waals surface area contributed by atoms with Crippen molar-refractivity contribution in [2.75, 3.05) is 7.11 Å². The van der Waals surface area contributed by atoms with Gasteiger partial charge in [-0.1, -0.05) is 26.0 Å². The van der Waals surface area contributed by atoms with Crippen molar-refractivity contribution in [3.8, 4) is 5.75 Å². The SMILES string of the molecule is COc1ccc(C2[C@H](C(O)C(C)C)C(=O)N2C(C)C)cc1. The number of ether oxygens (including phenoxy) is 1. The average molecular weight is 291 g/mol. The number of nitrogens with zero attached hydrogens (tertiary/aromatic N) is 1. The van der Waals surface area contributed by atoms with Crippen LogP contribution in [-0.2, 0) is 4.79 Å². The second-order valence-electron chi connectivity index (χ2n) is 6.32. The molecule has 4 heteroatoms. The molecule has 1 amide bonds. The Morgan fingerprint density at radius 1 is 1.14 bits per heavy atom. The molecule has 1 aromatic rings. The average Bonchev–Trinajstić information content (AvgIpc) is 2.44. The largest absolute Gasteiger partial charge is 0.497 e. The lowest BCUT2D eigenvalue weighted by atomic mass is 9.75. The molecule has 0 aromatic heterocycles. The fraction of sp³-hybridized carbons (Fsp3) is 0.588. The highest BCUT2D eigenvalue weighted by molar-refractivity contribution is 5.87. The van der Waals surface area contributed by atoms with Gasteiger partial charge in [0.25, 0.3) is 0 Å². The van der Waals surface area contributed by atoms with Crippen LogP contribution in [0.2, 0.25) is 0 Å². The van der Waals surface area contributed by atoms with Gasteiger partial charge >= 0.3 is 0 Å². The van der Waals surface area contributed by atoms with Crippen molar-refractivity contribution in [3.05, 3.63) is 29.8 Å². The molecule has 3 atom stereocenters. The fourth-order valence-electron chi connectivity index (χ4n) is 3.03. The molecule has 116 valence electrons. The van der Waals surface area contributed by atoms with Crippen LogP contribution in [0.3, 0.4) is 0 Å². The van der Waals surface area contributed by atoms with Crippen LogP contribution in [0.1, 0.15) is 39.3 Å². The molecule has 4 nitrogen and oxygen atoms in total. The number of aliphatic hydroxyl groups excluding tert-OH is 1. The van der Waals surface area contributed by atoms with E-state index >= 15 is 0 Å². The van der Waals surface area contributed by atoms with Crippen molar-refractivity contribution in [2.45, 2.75) is 45.9 Å².